The van der Waals surface area contributed by atoms with Crippen molar-refractivity contribution in [2.75, 3.05) is 5.32 Å². The van der Waals surface area contributed by atoms with Crippen molar-refractivity contribution < 1.29 is 9.59 Å². The zero-order valence-electron chi connectivity index (χ0n) is 12.2. The number of hydrazone groups is 1. The Morgan fingerprint density at radius 1 is 1.17 bits per heavy atom. The summed E-state index contributed by atoms with van der Waals surface area (Å²) in [7, 11) is 0. The van der Waals surface area contributed by atoms with Gasteiger partial charge in [-0.25, -0.2) is 5.43 Å². The molecule has 1 aromatic heterocycles. The standard InChI is InChI=1S/C15H12BrCl2N3O2S/c16-13-4-2-10(24-13)8-19-21-15(23)6-5-14(22)20-12-3-1-9(17)7-11(12)18/h1-4,7-8H,5-6H2,(H,20,22)(H,21,23)/b19-8-. The summed E-state index contributed by atoms with van der Waals surface area (Å²) in [6.45, 7) is 0. The predicted octanol–water partition coefficient (Wildman–Crippen LogP) is 4.69. The normalized spacial score (nSPS) is 10.8. The van der Waals surface area contributed by atoms with Gasteiger partial charge in [-0.1, -0.05) is 23.2 Å². The molecule has 24 heavy (non-hydrogen) atoms. The maximum atomic E-state index is 11.8. The lowest BCUT2D eigenvalue weighted by Gasteiger charge is -2.07. The second-order valence-electron chi connectivity index (χ2n) is 4.61. The molecular weight excluding hydrogens is 437 g/mol. The number of amides is 2. The van der Waals surface area contributed by atoms with Crippen LogP contribution >= 0.6 is 50.5 Å². The molecule has 0 bridgehead atoms. The molecule has 0 radical (unpaired) electrons. The number of hydrogen-bond donors (Lipinski definition) is 2. The molecular formula is C15H12BrCl2N3O2S. The smallest absolute Gasteiger partial charge is 0.240 e. The van der Waals surface area contributed by atoms with E-state index in [2.05, 4.69) is 31.8 Å². The Morgan fingerprint density at radius 2 is 1.92 bits per heavy atom. The summed E-state index contributed by atoms with van der Waals surface area (Å²) in [5.74, 6) is -0.667. The zero-order valence-corrected chi connectivity index (χ0v) is 16.1. The van der Waals surface area contributed by atoms with Crippen molar-refractivity contribution in [2.24, 2.45) is 5.10 Å². The summed E-state index contributed by atoms with van der Waals surface area (Å²) in [4.78, 5) is 24.4. The molecule has 0 saturated heterocycles. The number of nitrogens with one attached hydrogen (secondary N) is 2. The molecule has 0 aliphatic rings. The molecule has 1 aromatic carbocycles. The fraction of sp³-hybridized carbons (Fsp3) is 0.133. The number of hydrogen-bond acceptors (Lipinski definition) is 4. The van der Waals surface area contributed by atoms with Gasteiger partial charge in [-0.3, -0.25) is 9.59 Å². The van der Waals surface area contributed by atoms with E-state index in [1.165, 1.54) is 17.4 Å². The first-order chi connectivity index (χ1) is 11.4. The number of anilines is 1. The Morgan fingerprint density at radius 3 is 2.58 bits per heavy atom. The van der Waals surface area contributed by atoms with Gasteiger partial charge in [-0.2, -0.15) is 5.10 Å². The van der Waals surface area contributed by atoms with Crippen LogP contribution in [0.15, 0.2) is 39.2 Å². The second-order valence-corrected chi connectivity index (χ2v) is 7.95. The molecule has 0 spiro atoms. The number of halogens is 3. The average molecular weight is 449 g/mol. The number of carbonyl (C=O) groups excluding carboxylic acids is 2. The van der Waals surface area contributed by atoms with Gasteiger partial charge in [0.05, 0.1) is 20.7 Å². The second kappa shape index (κ2) is 9.17. The molecule has 1 heterocycles. The van der Waals surface area contributed by atoms with Crippen molar-refractivity contribution in [3.8, 4) is 0 Å². The van der Waals surface area contributed by atoms with E-state index in [1.807, 2.05) is 12.1 Å². The van der Waals surface area contributed by atoms with Gasteiger partial charge < -0.3 is 5.32 Å². The third-order valence-corrected chi connectivity index (χ3v) is 4.87. The third kappa shape index (κ3) is 6.24. The van der Waals surface area contributed by atoms with E-state index in [9.17, 15) is 9.59 Å². The van der Waals surface area contributed by atoms with E-state index in [1.54, 1.807) is 18.3 Å². The topological polar surface area (TPSA) is 70.6 Å². The minimum atomic E-state index is -0.348. The summed E-state index contributed by atoms with van der Waals surface area (Å²) in [5, 5.41) is 7.28. The fourth-order valence-corrected chi connectivity index (χ4v) is 3.40. The Bertz CT molecular complexity index is 780. The van der Waals surface area contributed by atoms with Gasteiger partial charge in [0.25, 0.3) is 0 Å². The largest absolute Gasteiger partial charge is 0.325 e. The molecule has 2 aromatic rings. The Kier molecular flexibility index (Phi) is 7.23. The third-order valence-electron chi connectivity index (χ3n) is 2.76. The number of carbonyl (C=O) groups is 2. The summed E-state index contributed by atoms with van der Waals surface area (Å²) in [6.07, 6.45) is 1.58. The molecule has 2 rings (SSSR count). The lowest BCUT2D eigenvalue weighted by Crippen LogP contribution is -2.20. The SMILES string of the molecule is O=C(CCC(=O)Nc1ccc(Cl)cc1Cl)N/N=C\c1ccc(Br)s1. The monoisotopic (exact) mass is 447 g/mol. The van der Waals surface area contributed by atoms with Gasteiger partial charge in [0.1, 0.15) is 0 Å². The average Bonchev–Trinajstić information content (AvgIpc) is 2.93. The van der Waals surface area contributed by atoms with Crippen molar-refractivity contribution >= 4 is 74.2 Å². The minimum Gasteiger partial charge on any atom is -0.325 e. The maximum Gasteiger partial charge on any atom is 0.240 e. The molecule has 5 nitrogen and oxygen atoms in total. The highest BCUT2D eigenvalue weighted by Gasteiger charge is 2.09. The molecule has 0 atom stereocenters. The zero-order chi connectivity index (χ0) is 17.5. The first-order valence-corrected chi connectivity index (χ1v) is 9.13. The van der Waals surface area contributed by atoms with Gasteiger partial charge >= 0.3 is 0 Å². The van der Waals surface area contributed by atoms with Gasteiger partial charge in [0.15, 0.2) is 0 Å². The quantitative estimate of drug-likeness (QED) is 0.497. The molecule has 126 valence electrons. The van der Waals surface area contributed by atoms with Crippen molar-refractivity contribution in [1.29, 1.82) is 0 Å². The highest BCUT2D eigenvalue weighted by Crippen LogP contribution is 2.25. The highest BCUT2D eigenvalue weighted by atomic mass is 79.9. The van der Waals surface area contributed by atoms with Gasteiger partial charge in [-0.05, 0) is 46.3 Å². The predicted molar refractivity (Wildman–Crippen MR) is 102 cm³/mol. The lowest BCUT2D eigenvalue weighted by atomic mass is 10.2. The van der Waals surface area contributed by atoms with Gasteiger partial charge in [-0.15, -0.1) is 11.3 Å². The van der Waals surface area contributed by atoms with Gasteiger partial charge in [0, 0.05) is 22.7 Å². The van der Waals surface area contributed by atoms with E-state index in [-0.39, 0.29) is 24.7 Å². The summed E-state index contributed by atoms with van der Waals surface area (Å²) in [6, 6.07) is 8.51. The summed E-state index contributed by atoms with van der Waals surface area (Å²) in [5.41, 5.74) is 2.83. The van der Waals surface area contributed by atoms with Crippen LogP contribution in [0.2, 0.25) is 10.0 Å². The minimum absolute atomic E-state index is 0.0164. The van der Waals surface area contributed by atoms with Crippen molar-refractivity contribution in [3.05, 3.63) is 49.0 Å². The molecule has 0 aliphatic carbocycles. The van der Waals surface area contributed by atoms with E-state index >= 15 is 0 Å². The molecule has 2 N–H and O–H groups in total. The Hall–Kier alpha value is -1.41. The summed E-state index contributed by atoms with van der Waals surface area (Å²) >= 11 is 16.6. The first-order valence-electron chi connectivity index (χ1n) is 6.76. The number of rotatable bonds is 6. The number of thiophene rings is 1. The van der Waals surface area contributed by atoms with Crippen LogP contribution in [0.3, 0.4) is 0 Å². The van der Waals surface area contributed by atoms with E-state index in [0.717, 1.165) is 8.66 Å². The molecule has 0 saturated carbocycles. The van der Waals surface area contributed by atoms with E-state index in [0.29, 0.717) is 15.7 Å². The molecule has 9 heteroatoms. The van der Waals surface area contributed by atoms with E-state index in [4.69, 9.17) is 23.2 Å². The Balaban J connectivity index is 1.74. The number of benzene rings is 1. The maximum absolute atomic E-state index is 11.8. The molecule has 2 amide bonds. The lowest BCUT2D eigenvalue weighted by molar-refractivity contribution is -0.124. The highest BCUT2D eigenvalue weighted by molar-refractivity contribution is 9.11. The van der Waals surface area contributed by atoms with Gasteiger partial charge in [0.2, 0.25) is 11.8 Å². The van der Waals surface area contributed by atoms with Crippen LogP contribution in [0, 0.1) is 0 Å². The summed E-state index contributed by atoms with van der Waals surface area (Å²) < 4.78 is 0.979. The van der Waals surface area contributed by atoms with Crippen LogP contribution < -0.4 is 10.7 Å². The van der Waals surface area contributed by atoms with Crippen LogP contribution in [-0.2, 0) is 9.59 Å². The molecule has 0 aliphatic heterocycles. The van der Waals surface area contributed by atoms with Crippen LogP contribution in [0.25, 0.3) is 0 Å². The van der Waals surface area contributed by atoms with Crippen LogP contribution in [0.1, 0.15) is 17.7 Å². The van der Waals surface area contributed by atoms with Crippen LogP contribution in [0.5, 0.6) is 0 Å². The molecule has 0 unspecified atom stereocenters. The van der Waals surface area contributed by atoms with Crippen LogP contribution in [0.4, 0.5) is 5.69 Å². The fourth-order valence-electron chi connectivity index (χ4n) is 1.65. The van der Waals surface area contributed by atoms with Crippen LogP contribution in [-0.4, -0.2) is 18.0 Å². The van der Waals surface area contributed by atoms with Crippen molar-refractivity contribution in [3.63, 3.8) is 0 Å². The number of nitrogens with zero attached hydrogens (tertiary/aromatic N) is 1. The van der Waals surface area contributed by atoms with Crippen molar-refractivity contribution in [1.82, 2.24) is 5.43 Å². The first kappa shape index (κ1) is 18.9. The molecule has 0 fully saturated rings. The van der Waals surface area contributed by atoms with E-state index < -0.39 is 0 Å². The Labute approximate surface area is 161 Å². The van der Waals surface area contributed by atoms with Crippen molar-refractivity contribution in [2.45, 2.75) is 12.8 Å².